The molecule has 47 heavy (non-hydrogen) atoms. The van der Waals surface area contributed by atoms with Crippen molar-refractivity contribution in [2.75, 3.05) is 45.8 Å². The minimum atomic E-state index is -1.42. The normalized spacial score (nSPS) is 11.5. The highest BCUT2D eigenvalue weighted by molar-refractivity contribution is 5.86. The van der Waals surface area contributed by atoms with Crippen molar-refractivity contribution in [1.29, 1.82) is 0 Å². The van der Waals surface area contributed by atoms with Crippen LogP contribution in [0.5, 0.6) is 0 Å². The van der Waals surface area contributed by atoms with Gasteiger partial charge in [-0.2, -0.15) is 0 Å². The van der Waals surface area contributed by atoms with Crippen LogP contribution < -0.4 is 31.9 Å². The number of rotatable bonds is 26. The van der Waals surface area contributed by atoms with Crippen molar-refractivity contribution in [3.05, 3.63) is 10.4 Å². The topological polar surface area (TPSA) is 325 Å². The maximum Gasteiger partial charge on any atom is 0.405 e. The third-order valence-corrected chi connectivity index (χ3v) is 6.55. The number of carboxylic acid groups (broad SMARTS) is 4. The minimum Gasteiger partial charge on any atom is -0.465 e. The number of carbonyl (C=O) groups is 7. The van der Waals surface area contributed by atoms with Gasteiger partial charge in [-0.05, 0) is 56.9 Å². The van der Waals surface area contributed by atoms with Crippen molar-refractivity contribution < 1.29 is 54.0 Å². The van der Waals surface area contributed by atoms with Gasteiger partial charge in [0.25, 0.3) is 0 Å². The van der Waals surface area contributed by atoms with Crippen molar-refractivity contribution in [2.24, 2.45) is 5.11 Å². The molecule has 0 aliphatic rings. The number of nitrogens with zero attached hydrogens (tertiary/aromatic N) is 4. The number of amides is 7. The number of hydrogen-bond donors (Lipinski definition) is 10. The van der Waals surface area contributed by atoms with E-state index in [0.717, 1.165) is 0 Å². The van der Waals surface area contributed by atoms with E-state index in [0.29, 0.717) is 44.9 Å². The molecule has 0 radical (unpaired) electrons. The molecular weight excluding hydrogens is 628 g/mol. The fraction of sp³-hybridized carbons (Fsp3) is 0.731. The van der Waals surface area contributed by atoms with Crippen LogP contribution in [0.1, 0.15) is 64.2 Å². The zero-order chi connectivity index (χ0) is 35.5. The van der Waals surface area contributed by atoms with Crippen LogP contribution in [-0.4, -0.2) is 125 Å². The van der Waals surface area contributed by atoms with Crippen LogP contribution in [-0.2, 0) is 14.4 Å². The van der Waals surface area contributed by atoms with E-state index in [2.05, 4.69) is 41.9 Å². The van der Waals surface area contributed by atoms with Gasteiger partial charge in [-0.1, -0.05) is 11.5 Å². The summed E-state index contributed by atoms with van der Waals surface area (Å²) in [7, 11) is 0. The third kappa shape index (κ3) is 23.8. The molecule has 266 valence electrons. The molecule has 2 unspecified atom stereocenters. The van der Waals surface area contributed by atoms with Crippen LogP contribution in [0.3, 0.4) is 0 Å². The summed E-state index contributed by atoms with van der Waals surface area (Å²) < 4.78 is 0. The lowest BCUT2D eigenvalue weighted by molar-refractivity contribution is -0.132. The van der Waals surface area contributed by atoms with E-state index in [1.165, 1.54) is 4.90 Å². The predicted octanol–water partition coefficient (Wildman–Crippen LogP) is 1.07. The predicted molar refractivity (Wildman–Crippen MR) is 165 cm³/mol. The van der Waals surface area contributed by atoms with Crippen LogP contribution in [0, 0.1) is 0 Å². The van der Waals surface area contributed by atoms with E-state index in [4.69, 9.17) is 26.0 Å². The van der Waals surface area contributed by atoms with Gasteiger partial charge in [-0.25, -0.2) is 19.2 Å². The molecule has 0 bridgehead atoms. The molecule has 21 heteroatoms. The summed E-state index contributed by atoms with van der Waals surface area (Å²) in [4.78, 5) is 85.9. The van der Waals surface area contributed by atoms with Gasteiger partial charge in [0.1, 0.15) is 12.1 Å². The zero-order valence-electron chi connectivity index (χ0n) is 26.1. The molecule has 0 fully saturated rings. The highest BCUT2D eigenvalue weighted by Crippen LogP contribution is 2.06. The van der Waals surface area contributed by atoms with Gasteiger partial charge in [-0.3, -0.25) is 14.4 Å². The van der Waals surface area contributed by atoms with Crippen LogP contribution in [0.4, 0.5) is 19.2 Å². The summed E-state index contributed by atoms with van der Waals surface area (Å²) in [5.74, 6) is -1.58. The number of carbonyl (C=O) groups excluding carboxylic acids is 3. The summed E-state index contributed by atoms with van der Waals surface area (Å²) in [6, 6.07) is -2.23. The molecular formula is C26H46N10O11. The molecule has 0 aromatic heterocycles. The average molecular weight is 675 g/mol. The first-order valence-corrected chi connectivity index (χ1v) is 15.1. The highest BCUT2D eigenvalue weighted by atomic mass is 16.4. The van der Waals surface area contributed by atoms with Gasteiger partial charge < -0.3 is 57.2 Å². The largest absolute Gasteiger partial charge is 0.465 e. The van der Waals surface area contributed by atoms with E-state index >= 15 is 0 Å². The van der Waals surface area contributed by atoms with Crippen molar-refractivity contribution >= 4 is 42.1 Å². The van der Waals surface area contributed by atoms with Gasteiger partial charge >= 0.3 is 24.4 Å². The van der Waals surface area contributed by atoms with Crippen molar-refractivity contribution in [3.63, 3.8) is 0 Å². The Balaban J connectivity index is 5.17. The van der Waals surface area contributed by atoms with Gasteiger partial charge in [0.2, 0.25) is 17.7 Å². The summed E-state index contributed by atoms with van der Waals surface area (Å²) in [6.45, 7) is 0.461. The third-order valence-electron chi connectivity index (χ3n) is 6.55. The minimum absolute atomic E-state index is 0.00880. The van der Waals surface area contributed by atoms with E-state index in [-0.39, 0.29) is 71.0 Å². The lowest BCUT2D eigenvalue weighted by Gasteiger charge is -2.25. The van der Waals surface area contributed by atoms with Crippen molar-refractivity contribution in [3.8, 4) is 0 Å². The fourth-order valence-corrected chi connectivity index (χ4v) is 4.25. The summed E-state index contributed by atoms with van der Waals surface area (Å²) in [6.07, 6.45) is -1.79. The molecule has 0 aromatic carbocycles. The molecule has 0 aromatic rings. The van der Waals surface area contributed by atoms with Crippen molar-refractivity contribution in [1.82, 2.24) is 36.8 Å². The molecule has 0 saturated heterocycles. The Kier molecular flexibility index (Phi) is 23.2. The molecule has 10 N–H and O–H groups in total. The van der Waals surface area contributed by atoms with Crippen LogP contribution in [0.25, 0.3) is 10.4 Å². The lowest BCUT2D eigenvalue weighted by atomic mass is 10.1. The van der Waals surface area contributed by atoms with Crippen LogP contribution in [0.2, 0.25) is 0 Å². The molecule has 21 nitrogen and oxygen atoms in total. The first kappa shape index (κ1) is 41.8. The summed E-state index contributed by atoms with van der Waals surface area (Å²) in [5.41, 5.74) is 8.37. The van der Waals surface area contributed by atoms with E-state index in [1.807, 2.05) is 0 Å². The van der Waals surface area contributed by atoms with Crippen LogP contribution >= 0.6 is 0 Å². The Hall–Kier alpha value is -5.20. The van der Waals surface area contributed by atoms with Gasteiger partial charge in [0.15, 0.2) is 0 Å². The molecule has 0 spiro atoms. The second kappa shape index (κ2) is 26.1. The Bertz CT molecular complexity index is 1010. The second-order valence-corrected chi connectivity index (χ2v) is 10.2. The summed E-state index contributed by atoms with van der Waals surface area (Å²) in [5, 5.41) is 52.7. The quantitative estimate of drug-likeness (QED) is 0.0268. The molecule has 0 heterocycles. The SMILES string of the molecule is [N-]=[N+]=NCCCCCC(=O)N(CCNC(=O)C(CCCCNC(=O)O)NC(=O)O)CCNC(=O)C(CCCCNC(=O)O)NC(=O)O. The molecule has 2 atom stereocenters. The molecule has 0 rings (SSSR count). The zero-order valence-corrected chi connectivity index (χ0v) is 26.1. The average Bonchev–Trinajstić information content (AvgIpc) is 2.99. The van der Waals surface area contributed by atoms with Crippen molar-refractivity contribution in [2.45, 2.75) is 76.3 Å². The Morgan fingerprint density at radius 1 is 0.596 bits per heavy atom. The maximum atomic E-state index is 13.0. The fourth-order valence-electron chi connectivity index (χ4n) is 4.25. The van der Waals surface area contributed by atoms with E-state index < -0.39 is 48.3 Å². The molecule has 7 amide bonds. The highest BCUT2D eigenvalue weighted by Gasteiger charge is 2.22. The standard InChI is InChI=1S/C26H46N10O11/c27-35-32-13-5-1-2-10-20(37)36(16-14-28-21(38)18(33-25(44)45)8-3-6-11-30-23(40)41)17-15-29-22(39)19(34-26(46)47)9-4-7-12-31-24(42)43/h18-19,30-31,33-34H,1-17H2,(H,28,38)(H,29,39)(H,40,41)(H,42,43)(H,44,45)(H,46,47). The van der Waals surface area contributed by atoms with E-state index in [1.54, 1.807) is 0 Å². The summed E-state index contributed by atoms with van der Waals surface area (Å²) >= 11 is 0. The Labute approximate surface area is 270 Å². The first-order chi connectivity index (χ1) is 22.4. The number of hydrogen-bond acceptors (Lipinski definition) is 8. The van der Waals surface area contributed by atoms with Crippen LogP contribution in [0.15, 0.2) is 5.11 Å². The molecule has 0 saturated carbocycles. The van der Waals surface area contributed by atoms with E-state index in [9.17, 15) is 33.6 Å². The molecule has 0 aliphatic carbocycles. The Morgan fingerprint density at radius 2 is 1.06 bits per heavy atom. The monoisotopic (exact) mass is 674 g/mol. The smallest absolute Gasteiger partial charge is 0.405 e. The number of unbranched alkanes of at least 4 members (excludes halogenated alkanes) is 4. The van der Waals surface area contributed by atoms with Gasteiger partial charge in [-0.15, -0.1) is 0 Å². The first-order valence-electron chi connectivity index (χ1n) is 15.1. The second-order valence-electron chi connectivity index (χ2n) is 10.2. The van der Waals surface area contributed by atoms with Gasteiger partial charge in [0, 0.05) is 57.1 Å². The number of nitrogens with one attached hydrogen (secondary N) is 6. The van der Waals surface area contributed by atoms with Gasteiger partial charge in [0.05, 0.1) is 0 Å². The Morgan fingerprint density at radius 3 is 1.47 bits per heavy atom. The molecule has 0 aliphatic heterocycles. The number of azide groups is 1. The lowest BCUT2D eigenvalue weighted by Crippen LogP contribution is -2.50. The maximum absolute atomic E-state index is 13.0.